The van der Waals surface area contributed by atoms with Crippen LogP contribution in [0.1, 0.15) is 64.1 Å². The second-order valence-corrected chi connectivity index (χ2v) is 10.8. The summed E-state index contributed by atoms with van der Waals surface area (Å²) in [5, 5.41) is 25.4. The molecule has 3 aromatic rings. The second kappa shape index (κ2) is 16.8. The highest BCUT2D eigenvalue weighted by atomic mass is 16.3. The summed E-state index contributed by atoms with van der Waals surface area (Å²) >= 11 is 0. The summed E-state index contributed by atoms with van der Waals surface area (Å²) in [6, 6.07) is 19.7. The number of aliphatic hydroxyl groups excluding tert-OH is 1. The molecule has 0 spiro atoms. The minimum absolute atomic E-state index is 0.0146. The number of hydrogen-bond acceptors (Lipinski definition) is 6. The van der Waals surface area contributed by atoms with E-state index in [1.54, 1.807) is 30.1 Å². The van der Waals surface area contributed by atoms with Gasteiger partial charge >= 0.3 is 0 Å². The third-order valence-electron chi connectivity index (χ3n) is 7.04. The molecule has 9 nitrogen and oxygen atoms in total. The van der Waals surface area contributed by atoms with Gasteiger partial charge < -0.3 is 20.4 Å². The van der Waals surface area contributed by atoms with E-state index in [-0.39, 0.29) is 42.5 Å². The molecule has 0 aromatic heterocycles. The normalized spacial score (nSPS) is 12.2. The molecule has 0 saturated carbocycles. The van der Waals surface area contributed by atoms with Gasteiger partial charge in [0.05, 0.1) is 18.6 Å². The predicted octanol–water partition coefficient (Wildman–Crippen LogP) is 3.54. The maximum atomic E-state index is 13.6. The minimum atomic E-state index is -1.10. The lowest BCUT2D eigenvalue weighted by Gasteiger charge is -2.28. The van der Waals surface area contributed by atoms with Crippen LogP contribution in [0.15, 0.2) is 72.8 Å². The molecule has 2 unspecified atom stereocenters. The molecule has 0 fully saturated rings. The van der Waals surface area contributed by atoms with Crippen LogP contribution in [0, 0.1) is 12.3 Å². The van der Waals surface area contributed by atoms with Gasteiger partial charge in [-0.3, -0.25) is 19.8 Å². The Bertz CT molecular complexity index is 1430. The molecule has 2 atom stereocenters. The molecule has 3 aromatic carbocycles. The smallest absolute Gasteiger partial charge is 0.253 e. The molecule has 3 rings (SSSR count). The van der Waals surface area contributed by atoms with Crippen LogP contribution in [0.2, 0.25) is 0 Å². The maximum absolute atomic E-state index is 13.6. The number of nitrogens with zero attached hydrogens (tertiary/aromatic N) is 2. The molecular formula is C35H42N4O5. The van der Waals surface area contributed by atoms with Gasteiger partial charge in [0.25, 0.3) is 11.8 Å². The first-order chi connectivity index (χ1) is 21.1. The van der Waals surface area contributed by atoms with Gasteiger partial charge in [0, 0.05) is 43.4 Å². The minimum Gasteiger partial charge on any atom is -0.508 e. The highest BCUT2D eigenvalue weighted by molar-refractivity contribution is 6.00. The van der Waals surface area contributed by atoms with Crippen LogP contribution in [0.25, 0.3) is 0 Å². The largest absolute Gasteiger partial charge is 0.508 e. The second-order valence-electron chi connectivity index (χ2n) is 10.8. The summed E-state index contributed by atoms with van der Waals surface area (Å²) in [6.45, 7) is 5.19. The van der Waals surface area contributed by atoms with E-state index in [4.69, 9.17) is 6.42 Å². The van der Waals surface area contributed by atoms with Crippen molar-refractivity contribution in [2.75, 3.05) is 26.7 Å². The molecule has 44 heavy (non-hydrogen) atoms. The SMILES string of the molecule is C#Cc1cc(C(=O)NC(Cc2ccc(O)cc2)C(O)CN(C)NC(=O)Cc2ccccc2)cc(C(=O)N(CCC)CCC)c1. The van der Waals surface area contributed by atoms with Crippen LogP contribution >= 0.6 is 0 Å². The summed E-state index contributed by atoms with van der Waals surface area (Å²) in [5.41, 5.74) is 5.30. The molecule has 4 N–H and O–H groups in total. The first kappa shape index (κ1) is 33.8. The Morgan fingerprint density at radius 1 is 0.909 bits per heavy atom. The van der Waals surface area contributed by atoms with Crippen LogP contribution in [0.3, 0.4) is 0 Å². The molecule has 3 amide bonds. The van der Waals surface area contributed by atoms with Crippen molar-refractivity contribution in [1.29, 1.82) is 0 Å². The Morgan fingerprint density at radius 2 is 1.55 bits per heavy atom. The van der Waals surface area contributed by atoms with E-state index in [2.05, 4.69) is 16.7 Å². The zero-order chi connectivity index (χ0) is 32.1. The van der Waals surface area contributed by atoms with E-state index >= 15 is 0 Å². The number of carbonyl (C=O) groups excluding carboxylic acids is 3. The van der Waals surface area contributed by atoms with E-state index < -0.39 is 18.1 Å². The molecule has 9 heteroatoms. The van der Waals surface area contributed by atoms with E-state index in [0.29, 0.717) is 24.2 Å². The number of aliphatic hydroxyl groups is 1. The van der Waals surface area contributed by atoms with Crippen molar-refractivity contribution in [2.24, 2.45) is 0 Å². The molecule has 0 aliphatic carbocycles. The molecule has 0 bridgehead atoms. The quantitative estimate of drug-likeness (QED) is 0.157. The van der Waals surface area contributed by atoms with Gasteiger partial charge in [-0.1, -0.05) is 62.2 Å². The number of benzene rings is 3. The van der Waals surface area contributed by atoms with Crippen LogP contribution in [-0.2, 0) is 17.6 Å². The average molecular weight is 599 g/mol. The highest BCUT2D eigenvalue weighted by Gasteiger charge is 2.25. The lowest BCUT2D eigenvalue weighted by atomic mass is 9.99. The van der Waals surface area contributed by atoms with Crippen molar-refractivity contribution in [3.8, 4) is 18.1 Å². The number of phenolic OH excluding ortho intramolecular Hbond substituents is 1. The van der Waals surface area contributed by atoms with Gasteiger partial charge in [-0.2, -0.15) is 0 Å². The molecule has 0 aliphatic heterocycles. The van der Waals surface area contributed by atoms with Crippen molar-refractivity contribution in [3.63, 3.8) is 0 Å². The lowest BCUT2D eigenvalue weighted by Crippen LogP contribution is -2.52. The standard InChI is InChI=1S/C35H42N4O5/c1-5-17-39(18-6-2)35(44)29-20-25(7-3)19-28(23-29)34(43)36-31(21-27-13-15-30(40)16-14-27)32(41)24-38(4)37-33(42)22-26-11-9-8-10-12-26/h3,8-16,19-20,23,31-32,40-41H,5-6,17-18,21-22,24H2,1-2,4H3,(H,36,43)(H,37,42). The summed E-state index contributed by atoms with van der Waals surface area (Å²) in [5.74, 6) is 1.68. The Kier molecular flexibility index (Phi) is 13.0. The van der Waals surface area contributed by atoms with Gasteiger partial charge in [0.2, 0.25) is 5.91 Å². The van der Waals surface area contributed by atoms with E-state index in [1.807, 2.05) is 44.2 Å². The van der Waals surface area contributed by atoms with Crippen LogP contribution in [-0.4, -0.2) is 76.7 Å². The number of amides is 3. The Morgan fingerprint density at radius 3 is 2.16 bits per heavy atom. The number of nitrogens with one attached hydrogen (secondary N) is 2. The fourth-order valence-corrected chi connectivity index (χ4v) is 4.91. The van der Waals surface area contributed by atoms with Gasteiger partial charge in [0.15, 0.2) is 0 Å². The molecule has 0 radical (unpaired) electrons. The predicted molar refractivity (Wildman–Crippen MR) is 171 cm³/mol. The number of aromatic hydroxyl groups is 1. The van der Waals surface area contributed by atoms with Crippen molar-refractivity contribution in [3.05, 3.63) is 101 Å². The van der Waals surface area contributed by atoms with Crippen LogP contribution in [0.5, 0.6) is 5.75 Å². The van der Waals surface area contributed by atoms with Crippen molar-refractivity contribution in [2.45, 2.75) is 51.7 Å². The van der Waals surface area contributed by atoms with Gasteiger partial charge in [-0.15, -0.1) is 6.42 Å². The fraction of sp³-hybridized carbons (Fsp3) is 0.343. The number of hydrogen-bond donors (Lipinski definition) is 4. The molecule has 232 valence electrons. The molecule has 0 aliphatic rings. The fourth-order valence-electron chi connectivity index (χ4n) is 4.91. The van der Waals surface area contributed by atoms with Gasteiger partial charge in [-0.25, -0.2) is 5.01 Å². The third kappa shape index (κ3) is 10.3. The number of carbonyl (C=O) groups is 3. The first-order valence-electron chi connectivity index (χ1n) is 14.9. The molecular weight excluding hydrogens is 556 g/mol. The van der Waals surface area contributed by atoms with Crippen molar-refractivity contribution in [1.82, 2.24) is 20.7 Å². The number of phenols is 1. The highest BCUT2D eigenvalue weighted by Crippen LogP contribution is 2.16. The number of likely N-dealkylation sites (N-methyl/N-ethyl adjacent to an activating group) is 1. The van der Waals surface area contributed by atoms with Crippen LogP contribution < -0.4 is 10.7 Å². The Labute approximate surface area is 259 Å². The lowest BCUT2D eigenvalue weighted by molar-refractivity contribution is -0.125. The number of rotatable bonds is 15. The number of hydrazine groups is 1. The van der Waals surface area contributed by atoms with Gasteiger partial charge in [-0.05, 0) is 60.7 Å². The monoisotopic (exact) mass is 598 g/mol. The average Bonchev–Trinajstić information content (AvgIpc) is 3.01. The van der Waals surface area contributed by atoms with E-state index in [9.17, 15) is 24.6 Å². The summed E-state index contributed by atoms with van der Waals surface area (Å²) in [6.07, 6.45) is 6.59. The summed E-state index contributed by atoms with van der Waals surface area (Å²) < 4.78 is 0. The van der Waals surface area contributed by atoms with Crippen LogP contribution in [0.4, 0.5) is 0 Å². The summed E-state index contributed by atoms with van der Waals surface area (Å²) in [7, 11) is 1.64. The number of terminal acetylenes is 1. The van der Waals surface area contributed by atoms with E-state index in [0.717, 1.165) is 24.0 Å². The first-order valence-corrected chi connectivity index (χ1v) is 14.9. The summed E-state index contributed by atoms with van der Waals surface area (Å²) in [4.78, 5) is 41.2. The third-order valence-corrected chi connectivity index (χ3v) is 7.04. The zero-order valence-corrected chi connectivity index (χ0v) is 25.6. The molecule has 0 heterocycles. The maximum Gasteiger partial charge on any atom is 0.253 e. The Hall–Kier alpha value is -4.65. The molecule has 0 saturated heterocycles. The van der Waals surface area contributed by atoms with Crippen molar-refractivity contribution >= 4 is 17.7 Å². The zero-order valence-electron chi connectivity index (χ0n) is 25.6. The van der Waals surface area contributed by atoms with Crippen molar-refractivity contribution < 1.29 is 24.6 Å². The Balaban J connectivity index is 1.80. The topological polar surface area (TPSA) is 122 Å². The van der Waals surface area contributed by atoms with Gasteiger partial charge in [0.1, 0.15) is 5.75 Å². The van der Waals surface area contributed by atoms with E-state index in [1.165, 1.54) is 29.3 Å².